The van der Waals surface area contributed by atoms with Crippen LogP contribution < -0.4 is 29.3 Å². The van der Waals surface area contributed by atoms with Crippen molar-refractivity contribution >= 4 is 34.8 Å². The van der Waals surface area contributed by atoms with E-state index in [1.165, 1.54) is 31.1 Å². The number of carbonyl (C=O) groups excluding carboxylic acids is 3. The fraction of sp³-hybridized carbons (Fsp3) is 0.318. The number of nitrogens with one attached hydrogen (secondary N) is 1. The highest BCUT2D eigenvalue weighted by Crippen LogP contribution is 2.42. The van der Waals surface area contributed by atoms with E-state index < -0.39 is 5.92 Å². The molecule has 1 atom stereocenters. The van der Waals surface area contributed by atoms with E-state index in [2.05, 4.69) is 5.32 Å². The number of hydrogen-bond acceptors (Lipinski definition) is 6. The lowest BCUT2D eigenvalue weighted by Crippen LogP contribution is -2.45. The van der Waals surface area contributed by atoms with E-state index in [9.17, 15) is 14.4 Å². The molecule has 9 nitrogen and oxygen atoms in total. The predicted molar refractivity (Wildman–Crippen MR) is 114 cm³/mol. The first-order chi connectivity index (χ1) is 15.0. The molecule has 3 amide bonds. The van der Waals surface area contributed by atoms with Crippen molar-refractivity contribution in [2.45, 2.75) is 6.42 Å². The molecular formula is C22H23N3O6. The summed E-state index contributed by atoms with van der Waals surface area (Å²) in [5.74, 6) is -0.0394. The van der Waals surface area contributed by atoms with Crippen molar-refractivity contribution in [3.63, 3.8) is 0 Å². The molecule has 1 saturated heterocycles. The van der Waals surface area contributed by atoms with Crippen LogP contribution in [0, 0.1) is 5.92 Å². The van der Waals surface area contributed by atoms with Gasteiger partial charge >= 0.3 is 0 Å². The third kappa shape index (κ3) is 3.63. The van der Waals surface area contributed by atoms with Crippen LogP contribution in [-0.2, 0) is 14.4 Å². The number of ether oxygens (including phenoxy) is 3. The molecule has 4 rings (SSSR count). The summed E-state index contributed by atoms with van der Waals surface area (Å²) in [6.07, 6.45) is 0.0514. The monoisotopic (exact) mass is 425 g/mol. The van der Waals surface area contributed by atoms with Crippen molar-refractivity contribution in [2.75, 3.05) is 49.5 Å². The highest BCUT2D eigenvalue weighted by molar-refractivity contribution is 6.12. The number of methoxy groups -OCH3 is 3. The summed E-state index contributed by atoms with van der Waals surface area (Å²) in [6, 6.07) is 10.5. The van der Waals surface area contributed by atoms with Gasteiger partial charge in [-0.05, 0) is 12.1 Å². The Balaban J connectivity index is 1.61. The van der Waals surface area contributed by atoms with Gasteiger partial charge in [0.05, 0.1) is 44.3 Å². The van der Waals surface area contributed by atoms with Gasteiger partial charge in [-0.25, -0.2) is 0 Å². The lowest BCUT2D eigenvalue weighted by molar-refractivity contribution is -0.125. The molecule has 2 heterocycles. The van der Waals surface area contributed by atoms with Gasteiger partial charge in [0, 0.05) is 25.1 Å². The summed E-state index contributed by atoms with van der Waals surface area (Å²) < 4.78 is 16.1. The molecule has 2 aromatic rings. The minimum atomic E-state index is -0.578. The second kappa shape index (κ2) is 8.17. The van der Waals surface area contributed by atoms with E-state index in [0.717, 1.165) is 0 Å². The fourth-order valence-electron chi connectivity index (χ4n) is 4.00. The highest BCUT2D eigenvalue weighted by Gasteiger charge is 2.40. The van der Waals surface area contributed by atoms with E-state index in [1.54, 1.807) is 36.4 Å². The Kier molecular flexibility index (Phi) is 5.41. The van der Waals surface area contributed by atoms with Crippen LogP contribution in [0.1, 0.15) is 6.42 Å². The Bertz CT molecular complexity index is 1030. The molecule has 162 valence electrons. The second-order valence-electron chi connectivity index (χ2n) is 7.28. The smallest absolute Gasteiger partial charge is 0.244 e. The van der Waals surface area contributed by atoms with E-state index >= 15 is 0 Å². The van der Waals surface area contributed by atoms with Crippen molar-refractivity contribution in [1.82, 2.24) is 0 Å². The molecule has 0 radical (unpaired) electrons. The zero-order valence-electron chi connectivity index (χ0n) is 17.5. The molecule has 0 spiro atoms. The van der Waals surface area contributed by atoms with Crippen LogP contribution in [0.15, 0.2) is 36.4 Å². The molecule has 1 N–H and O–H groups in total. The molecule has 2 aliphatic heterocycles. The van der Waals surface area contributed by atoms with Gasteiger partial charge in [-0.2, -0.15) is 0 Å². The maximum absolute atomic E-state index is 13.3. The van der Waals surface area contributed by atoms with E-state index in [1.807, 2.05) is 0 Å². The lowest BCUT2D eigenvalue weighted by atomic mass is 10.1. The number of anilines is 3. The van der Waals surface area contributed by atoms with Crippen LogP contribution in [0.2, 0.25) is 0 Å². The van der Waals surface area contributed by atoms with Gasteiger partial charge in [-0.15, -0.1) is 0 Å². The van der Waals surface area contributed by atoms with Crippen LogP contribution in [0.4, 0.5) is 17.1 Å². The first-order valence-electron chi connectivity index (χ1n) is 9.77. The van der Waals surface area contributed by atoms with Crippen LogP contribution in [0.25, 0.3) is 0 Å². The zero-order valence-corrected chi connectivity index (χ0v) is 17.5. The van der Waals surface area contributed by atoms with Crippen molar-refractivity contribution in [3.05, 3.63) is 36.4 Å². The van der Waals surface area contributed by atoms with Crippen molar-refractivity contribution < 1.29 is 28.6 Å². The van der Waals surface area contributed by atoms with E-state index in [-0.39, 0.29) is 37.2 Å². The molecule has 2 aliphatic rings. The molecule has 31 heavy (non-hydrogen) atoms. The predicted octanol–water partition coefficient (Wildman–Crippen LogP) is 2.05. The van der Waals surface area contributed by atoms with Crippen molar-refractivity contribution in [3.8, 4) is 17.2 Å². The highest BCUT2D eigenvalue weighted by atomic mass is 16.5. The fourth-order valence-corrected chi connectivity index (χ4v) is 4.00. The molecule has 2 aromatic carbocycles. The first kappa shape index (κ1) is 20.5. The topological polar surface area (TPSA) is 97.4 Å². The Hall–Kier alpha value is -3.75. The number of carbonyl (C=O) groups is 3. The van der Waals surface area contributed by atoms with Crippen molar-refractivity contribution in [1.29, 1.82) is 0 Å². The standard InChI is InChI=1S/C22H23N3O6/c1-29-17-9-14(10-18(30-2)21(17)31-3)24-11-13(8-20(24)27)22(28)25-12-19(26)23-15-6-4-5-7-16(15)25/h4-7,9-10,13H,8,11-12H2,1-3H3,(H,23,26)/t13-/m1/s1. The molecule has 0 aromatic heterocycles. The quantitative estimate of drug-likeness (QED) is 0.788. The van der Waals surface area contributed by atoms with Gasteiger partial charge in [-0.1, -0.05) is 12.1 Å². The Morgan fingerprint density at radius 2 is 1.71 bits per heavy atom. The average Bonchev–Trinajstić information content (AvgIpc) is 3.18. The Labute approximate surface area is 179 Å². The van der Waals surface area contributed by atoms with Crippen LogP contribution in [-0.4, -0.2) is 52.1 Å². The zero-order chi connectivity index (χ0) is 22.1. The minimum absolute atomic E-state index is 0.0514. The van der Waals surface area contributed by atoms with Crippen LogP contribution in [0.3, 0.4) is 0 Å². The van der Waals surface area contributed by atoms with Gasteiger partial charge in [0.25, 0.3) is 0 Å². The molecule has 0 aliphatic carbocycles. The van der Waals surface area contributed by atoms with Crippen molar-refractivity contribution in [2.24, 2.45) is 5.92 Å². The van der Waals surface area contributed by atoms with Gasteiger partial charge in [0.15, 0.2) is 11.5 Å². The summed E-state index contributed by atoms with van der Waals surface area (Å²) in [5, 5.41) is 2.77. The number of rotatable bonds is 5. The third-order valence-corrected chi connectivity index (χ3v) is 5.47. The number of fused-ring (bicyclic) bond motifs is 1. The summed E-state index contributed by atoms with van der Waals surface area (Å²) in [6.45, 7) is 0.112. The number of hydrogen-bond donors (Lipinski definition) is 1. The van der Waals surface area contributed by atoms with Gasteiger partial charge in [0.2, 0.25) is 23.5 Å². The van der Waals surface area contributed by atoms with Gasteiger partial charge < -0.3 is 29.3 Å². The molecule has 1 fully saturated rings. The summed E-state index contributed by atoms with van der Waals surface area (Å²) >= 11 is 0. The Morgan fingerprint density at radius 3 is 2.35 bits per heavy atom. The molecule has 9 heteroatoms. The van der Waals surface area contributed by atoms with Crippen LogP contribution >= 0.6 is 0 Å². The molecule has 0 unspecified atom stereocenters. The van der Waals surface area contributed by atoms with E-state index in [4.69, 9.17) is 14.2 Å². The summed E-state index contributed by atoms with van der Waals surface area (Å²) in [4.78, 5) is 41.1. The maximum atomic E-state index is 13.3. The van der Waals surface area contributed by atoms with Gasteiger partial charge in [-0.3, -0.25) is 14.4 Å². The number of benzene rings is 2. The molecule has 0 saturated carbocycles. The summed E-state index contributed by atoms with van der Waals surface area (Å²) in [7, 11) is 4.50. The third-order valence-electron chi connectivity index (χ3n) is 5.47. The number of para-hydroxylation sites is 2. The maximum Gasteiger partial charge on any atom is 0.244 e. The lowest BCUT2D eigenvalue weighted by Gasteiger charge is -2.30. The Morgan fingerprint density at radius 1 is 1.03 bits per heavy atom. The minimum Gasteiger partial charge on any atom is -0.493 e. The first-order valence-corrected chi connectivity index (χ1v) is 9.77. The number of nitrogens with zero attached hydrogens (tertiary/aromatic N) is 2. The molecular weight excluding hydrogens is 402 g/mol. The summed E-state index contributed by atoms with van der Waals surface area (Å²) in [5.41, 5.74) is 1.76. The normalized spacial score (nSPS) is 17.8. The molecule has 0 bridgehead atoms. The second-order valence-corrected chi connectivity index (χ2v) is 7.28. The largest absolute Gasteiger partial charge is 0.493 e. The van der Waals surface area contributed by atoms with Crippen LogP contribution in [0.5, 0.6) is 17.2 Å². The van der Waals surface area contributed by atoms with E-state index in [0.29, 0.717) is 34.3 Å². The average molecular weight is 425 g/mol. The SMILES string of the molecule is COc1cc(N2C[C@H](C(=O)N3CC(=O)Nc4ccccc43)CC2=O)cc(OC)c1OC. The number of amides is 3. The van der Waals surface area contributed by atoms with Gasteiger partial charge in [0.1, 0.15) is 6.54 Å².